The van der Waals surface area contributed by atoms with Gasteiger partial charge in [-0.1, -0.05) is 37.8 Å². The van der Waals surface area contributed by atoms with Crippen molar-refractivity contribution in [1.29, 1.82) is 0 Å². The third-order valence-electron chi connectivity index (χ3n) is 4.69. The van der Waals surface area contributed by atoms with Crippen LogP contribution in [-0.2, 0) is 0 Å². The Kier molecular flexibility index (Phi) is 3.54. The van der Waals surface area contributed by atoms with Gasteiger partial charge in [0.15, 0.2) is 5.58 Å². The maximum absolute atomic E-state index is 6.23. The summed E-state index contributed by atoms with van der Waals surface area (Å²) in [6.45, 7) is 11.0. The van der Waals surface area contributed by atoms with Crippen molar-refractivity contribution in [2.75, 3.05) is 0 Å². The molecule has 126 valence electrons. The van der Waals surface area contributed by atoms with Crippen molar-refractivity contribution in [3.8, 4) is 11.3 Å². The molecule has 0 saturated carbocycles. The van der Waals surface area contributed by atoms with Crippen LogP contribution in [0.4, 0.5) is 0 Å². The van der Waals surface area contributed by atoms with E-state index in [2.05, 4.69) is 61.0 Å². The van der Waals surface area contributed by atoms with Crippen molar-refractivity contribution in [2.24, 2.45) is 0 Å². The van der Waals surface area contributed by atoms with E-state index in [9.17, 15) is 0 Å². The number of hydrogen-bond acceptors (Lipinski definition) is 3. The smallest absolute Gasteiger partial charge is 0.156 e. The number of fused-ring (bicyclic) bond motifs is 3. The fourth-order valence-electron chi connectivity index (χ4n) is 3.31. The Hall–Kier alpha value is -2.46. The van der Waals surface area contributed by atoms with E-state index in [1.54, 1.807) is 0 Å². The second-order valence-corrected chi connectivity index (χ2v) is 12.8. The lowest BCUT2D eigenvalue weighted by Gasteiger charge is -2.16. The lowest BCUT2D eigenvalue weighted by molar-refractivity contribution is 0.663. The van der Waals surface area contributed by atoms with Gasteiger partial charge in [0.2, 0.25) is 0 Å². The predicted molar refractivity (Wildman–Crippen MR) is 107 cm³/mol. The average Bonchev–Trinajstić information content (AvgIpc) is 2.93. The first kappa shape index (κ1) is 16.0. The summed E-state index contributed by atoms with van der Waals surface area (Å²) in [5.74, 6) is 0. The molecule has 0 saturated heterocycles. The summed E-state index contributed by atoms with van der Waals surface area (Å²) in [5.41, 5.74) is 5.68. The molecule has 0 radical (unpaired) electrons. The van der Waals surface area contributed by atoms with E-state index < -0.39 is 8.07 Å². The zero-order chi connectivity index (χ0) is 17.8. The molecular formula is C21H22N2OSi. The lowest BCUT2D eigenvalue weighted by atomic mass is 10.1. The zero-order valence-electron chi connectivity index (χ0n) is 15.3. The molecule has 0 atom stereocenters. The van der Waals surface area contributed by atoms with Crippen LogP contribution in [0.25, 0.3) is 33.2 Å². The number of benzene rings is 1. The maximum atomic E-state index is 6.23. The molecule has 1 aromatic carbocycles. The Morgan fingerprint density at radius 1 is 0.920 bits per heavy atom. The van der Waals surface area contributed by atoms with Crippen LogP contribution in [0.5, 0.6) is 0 Å². The van der Waals surface area contributed by atoms with Gasteiger partial charge in [0.05, 0.1) is 19.5 Å². The highest BCUT2D eigenvalue weighted by Crippen LogP contribution is 2.36. The van der Waals surface area contributed by atoms with E-state index in [4.69, 9.17) is 9.40 Å². The molecule has 3 aromatic heterocycles. The zero-order valence-corrected chi connectivity index (χ0v) is 16.3. The Bertz CT molecular complexity index is 1090. The van der Waals surface area contributed by atoms with Crippen LogP contribution in [-0.4, -0.2) is 18.0 Å². The van der Waals surface area contributed by atoms with Crippen LogP contribution < -0.4 is 5.19 Å². The first-order valence-corrected chi connectivity index (χ1v) is 12.1. The van der Waals surface area contributed by atoms with Gasteiger partial charge in [-0.05, 0) is 37.2 Å². The summed E-state index contributed by atoms with van der Waals surface area (Å²) < 4.78 is 6.23. The Labute approximate surface area is 148 Å². The fourth-order valence-corrected chi connectivity index (χ4v) is 4.34. The summed E-state index contributed by atoms with van der Waals surface area (Å²) >= 11 is 0. The van der Waals surface area contributed by atoms with Crippen molar-refractivity contribution in [3.05, 3.63) is 54.0 Å². The summed E-state index contributed by atoms with van der Waals surface area (Å²) in [5, 5.41) is 3.61. The van der Waals surface area contributed by atoms with Gasteiger partial charge < -0.3 is 4.42 Å². The minimum Gasteiger partial charge on any atom is -0.453 e. The third kappa shape index (κ3) is 2.67. The number of nitrogens with zero attached hydrogens (tertiary/aromatic N) is 2. The van der Waals surface area contributed by atoms with Crippen molar-refractivity contribution < 1.29 is 4.42 Å². The van der Waals surface area contributed by atoms with Gasteiger partial charge in [-0.25, -0.2) is 0 Å². The van der Waals surface area contributed by atoms with Gasteiger partial charge in [-0.3, -0.25) is 9.97 Å². The quantitative estimate of drug-likeness (QED) is 0.468. The van der Waals surface area contributed by atoms with Crippen LogP contribution in [0, 0.1) is 13.8 Å². The number of para-hydroxylation sites is 1. The van der Waals surface area contributed by atoms with Crippen molar-refractivity contribution in [3.63, 3.8) is 0 Å². The maximum Gasteiger partial charge on any atom is 0.156 e. The monoisotopic (exact) mass is 346 g/mol. The molecule has 3 nitrogen and oxygen atoms in total. The fraction of sp³-hybridized carbons (Fsp3) is 0.238. The molecule has 0 spiro atoms. The molecule has 0 fully saturated rings. The molecule has 0 unspecified atom stereocenters. The number of rotatable bonds is 2. The second-order valence-electron chi connectivity index (χ2n) is 7.69. The van der Waals surface area contributed by atoms with E-state index in [0.29, 0.717) is 0 Å². The van der Waals surface area contributed by atoms with Crippen LogP contribution in [0.3, 0.4) is 0 Å². The molecule has 4 heteroatoms. The summed E-state index contributed by atoms with van der Waals surface area (Å²) in [6, 6.07) is 12.7. The summed E-state index contributed by atoms with van der Waals surface area (Å²) in [6.07, 6.45) is 2.03. The summed E-state index contributed by atoms with van der Waals surface area (Å²) in [4.78, 5) is 9.27. The van der Waals surface area contributed by atoms with Crippen LogP contribution >= 0.6 is 0 Å². The Morgan fingerprint density at radius 2 is 1.72 bits per heavy atom. The number of aromatic nitrogens is 2. The van der Waals surface area contributed by atoms with E-state index in [-0.39, 0.29) is 0 Å². The minimum absolute atomic E-state index is 0.867. The highest BCUT2D eigenvalue weighted by Gasteiger charge is 2.18. The first-order chi connectivity index (χ1) is 11.8. The molecule has 4 rings (SSSR count). The molecule has 3 heterocycles. The molecule has 0 amide bonds. The number of pyridine rings is 2. The van der Waals surface area contributed by atoms with Gasteiger partial charge in [0.1, 0.15) is 5.58 Å². The molecule has 0 aliphatic heterocycles. The van der Waals surface area contributed by atoms with Gasteiger partial charge in [0, 0.05) is 28.2 Å². The van der Waals surface area contributed by atoms with Gasteiger partial charge in [0.25, 0.3) is 0 Å². The standard InChI is InChI=1S/C21H22N2OSi/c1-13-11-18-16-7-6-8-17(21(16)24-20(18)14(2)23-13)19-10-9-15(12-22-19)25(3,4)5/h6-12H,1-5H3. The molecule has 0 bridgehead atoms. The number of aryl methyl sites for hydroxylation is 2. The molecular weight excluding hydrogens is 324 g/mol. The van der Waals surface area contributed by atoms with Crippen molar-refractivity contribution in [2.45, 2.75) is 33.5 Å². The van der Waals surface area contributed by atoms with E-state index in [1.807, 2.05) is 20.0 Å². The normalized spacial score (nSPS) is 12.2. The SMILES string of the molecule is Cc1cc2c(oc3c(-c4ccc([Si](C)(C)C)cn4)cccc32)c(C)n1. The molecule has 0 aliphatic rings. The first-order valence-electron chi connectivity index (χ1n) is 8.61. The number of furan rings is 1. The summed E-state index contributed by atoms with van der Waals surface area (Å²) in [7, 11) is -1.35. The van der Waals surface area contributed by atoms with Crippen molar-refractivity contribution in [1.82, 2.24) is 9.97 Å². The van der Waals surface area contributed by atoms with Crippen LogP contribution in [0.2, 0.25) is 19.6 Å². The lowest BCUT2D eigenvalue weighted by Crippen LogP contribution is -2.37. The highest BCUT2D eigenvalue weighted by atomic mass is 28.3. The predicted octanol–water partition coefficient (Wildman–Crippen LogP) is 5.21. The van der Waals surface area contributed by atoms with E-state index in [0.717, 1.165) is 44.6 Å². The van der Waals surface area contributed by atoms with Crippen molar-refractivity contribution >= 4 is 35.2 Å². The molecule has 0 N–H and O–H groups in total. The third-order valence-corrected chi connectivity index (χ3v) is 6.71. The number of hydrogen-bond donors (Lipinski definition) is 0. The largest absolute Gasteiger partial charge is 0.453 e. The van der Waals surface area contributed by atoms with E-state index in [1.165, 1.54) is 5.19 Å². The van der Waals surface area contributed by atoms with Gasteiger partial charge in [-0.2, -0.15) is 0 Å². The van der Waals surface area contributed by atoms with Crippen LogP contribution in [0.1, 0.15) is 11.4 Å². The van der Waals surface area contributed by atoms with Gasteiger partial charge in [-0.15, -0.1) is 0 Å². The Morgan fingerprint density at radius 3 is 2.40 bits per heavy atom. The molecule has 25 heavy (non-hydrogen) atoms. The van der Waals surface area contributed by atoms with E-state index >= 15 is 0 Å². The van der Waals surface area contributed by atoms with Gasteiger partial charge >= 0.3 is 0 Å². The molecule has 0 aliphatic carbocycles. The Balaban J connectivity index is 1.95. The highest BCUT2D eigenvalue weighted by molar-refractivity contribution is 6.88. The molecule has 4 aromatic rings. The second kappa shape index (κ2) is 5.53. The average molecular weight is 347 g/mol. The van der Waals surface area contributed by atoms with Crippen LogP contribution in [0.15, 0.2) is 47.0 Å². The topological polar surface area (TPSA) is 38.9 Å². The minimum atomic E-state index is -1.35.